The Morgan fingerprint density at radius 2 is 2.00 bits per heavy atom. The first-order valence-corrected chi connectivity index (χ1v) is 7.50. The third-order valence-electron chi connectivity index (χ3n) is 3.02. The Labute approximate surface area is 130 Å². The van der Waals surface area contributed by atoms with E-state index in [1.54, 1.807) is 16.9 Å². The predicted molar refractivity (Wildman–Crippen MR) is 86.0 cm³/mol. The number of anilines is 1. The van der Waals surface area contributed by atoms with Crippen LogP contribution < -0.4 is 5.73 Å². The molecule has 3 aromatic rings. The molecule has 102 valence electrons. The average Bonchev–Trinajstić information content (AvgIpc) is 2.92. The zero-order valence-corrected chi connectivity index (χ0v) is 12.9. The van der Waals surface area contributed by atoms with Crippen molar-refractivity contribution in [1.82, 2.24) is 9.78 Å². The van der Waals surface area contributed by atoms with Crippen molar-refractivity contribution in [3.05, 3.63) is 50.8 Å². The topological polar surface area (TPSA) is 43.8 Å². The van der Waals surface area contributed by atoms with Crippen LogP contribution in [0.5, 0.6) is 0 Å². The molecule has 3 rings (SSSR count). The van der Waals surface area contributed by atoms with E-state index in [1.807, 2.05) is 31.2 Å². The summed E-state index contributed by atoms with van der Waals surface area (Å²) in [6, 6.07) is 9.76. The summed E-state index contributed by atoms with van der Waals surface area (Å²) in [6.45, 7) is 2.03. The van der Waals surface area contributed by atoms with Gasteiger partial charge in [-0.15, -0.1) is 11.3 Å². The molecular formula is C14H11Cl2N3S. The molecule has 0 aliphatic heterocycles. The molecule has 0 radical (unpaired) electrons. The number of nitrogens with zero attached hydrogens (tertiary/aromatic N) is 2. The van der Waals surface area contributed by atoms with Crippen LogP contribution in [0.4, 0.5) is 5.69 Å². The summed E-state index contributed by atoms with van der Waals surface area (Å²) in [5, 5.41) is 4.54. The fourth-order valence-corrected chi connectivity index (χ4v) is 3.51. The predicted octanol–water partition coefficient (Wildman–Crippen LogP) is 4.80. The van der Waals surface area contributed by atoms with Gasteiger partial charge in [0.2, 0.25) is 0 Å². The standard InChI is InChI=1S/C14H11Cl2N3S/c1-8-4-2-3-5-11(8)19-7-10(17)13(18-19)9-6-12(15)20-14(9)16/h2-7H,17H2,1H3. The van der Waals surface area contributed by atoms with Gasteiger partial charge in [0.1, 0.15) is 10.0 Å². The summed E-state index contributed by atoms with van der Waals surface area (Å²) >= 11 is 13.5. The van der Waals surface area contributed by atoms with Crippen LogP contribution in [0, 0.1) is 6.92 Å². The first-order valence-electron chi connectivity index (χ1n) is 5.92. The SMILES string of the molecule is Cc1ccccc1-n1cc(N)c(-c2cc(Cl)sc2Cl)n1. The molecule has 0 saturated heterocycles. The van der Waals surface area contributed by atoms with E-state index < -0.39 is 0 Å². The van der Waals surface area contributed by atoms with E-state index in [-0.39, 0.29) is 0 Å². The maximum Gasteiger partial charge on any atom is 0.118 e. The molecule has 0 fully saturated rings. The molecule has 20 heavy (non-hydrogen) atoms. The van der Waals surface area contributed by atoms with Gasteiger partial charge in [-0.2, -0.15) is 5.10 Å². The molecule has 6 heteroatoms. The van der Waals surface area contributed by atoms with E-state index in [9.17, 15) is 0 Å². The summed E-state index contributed by atoms with van der Waals surface area (Å²) in [7, 11) is 0. The number of thiophene rings is 1. The van der Waals surface area contributed by atoms with Crippen molar-refractivity contribution in [3.63, 3.8) is 0 Å². The Bertz CT molecular complexity index is 777. The van der Waals surface area contributed by atoms with Crippen LogP contribution >= 0.6 is 34.5 Å². The van der Waals surface area contributed by atoms with Gasteiger partial charge < -0.3 is 5.73 Å². The molecule has 2 N–H and O–H groups in total. The molecule has 2 aromatic heterocycles. The Morgan fingerprint density at radius 1 is 1.25 bits per heavy atom. The van der Waals surface area contributed by atoms with Gasteiger partial charge >= 0.3 is 0 Å². The Morgan fingerprint density at radius 3 is 2.65 bits per heavy atom. The number of nitrogens with two attached hydrogens (primary N) is 1. The van der Waals surface area contributed by atoms with Gasteiger partial charge in [0.05, 0.1) is 21.9 Å². The van der Waals surface area contributed by atoms with E-state index in [0.29, 0.717) is 20.1 Å². The number of rotatable bonds is 2. The number of para-hydroxylation sites is 1. The number of hydrogen-bond acceptors (Lipinski definition) is 3. The molecule has 2 heterocycles. The Balaban J connectivity index is 2.13. The molecule has 0 aliphatic carbocycles. The minimum atomic E-state index is 0.574. The van der Waals surface area contributed by atoms with Gasteiger partial charge in [-0.25, -0.2) is 4.68 Å². The van der Waals surface area contributed by atoms with E-state index in [1.165, 1.54) is 11.3 Å². The van der Waals surface area contributed by atoms with E-state index in [4.69, 9.17) is 28.9 Å². The van der Waals surface area contributed by atoms with Gasteiger partial charge in [0.15, 0.2) is 0 Å². The number of benzene rings is 1. The van der Waals surface area contributed by atoms with E-state index >= 15 is 0 Å². The minimum absolute atomic E-state index is 0.574. The van der Waals surface area contributed by atoms with Crippen molar-refractivity contribution in [3.8, 4) is 16.9 Å². The highest BCUT2D eigenvalue weighted by Gasteiger charge is 2.16. The molecule has 3 nitrogen and oxygen atoms in total. The number of aryl methyl sites for hydroxylation is 1. The van der Waals surface area contributed by atoms with Crippen LogP contribution in [0.3, 0.4) is 0 Å². The first-order chi connectivity index (χ1) is 9.56. The Hall–Kier alpha value is -1.49. The maximum absolute atomic E-state index is 6.17. The summed E-state index contributed by atoms with van der Waals surface area (Å²) in [5.41, 5.74) is 10.2. The normalized spacial score (nSPS) is 10.9. The number of halogens is 2. The molecule has 0 saturated carbocycles. The molecule has 0 atom stereocenters. The van der Waals surface area contributed by atoms with Crippen LogP contribution in [0.1, 0.15) is 5.56 Å². The van der Waals surface area contributed by atoms with E-state index in [2.05, 4.69) is 5.10 Å². The fraction of sp³-hybridized carbons (Fsp3) is 0.0714. The zero-order valence-electron chi connectivity index (χ0n) is 10.6. The highest BCUT2D eigenvalue weighted by molar-refractivity contribution is 7.20. The summed E-state index contributed by atoms with van der Waals surface area (Å²) in [6.07, 6.45) is 1.79. The minimum Gasteiger partial charge on any atom is -0.396 e. The molecule has 0 aliphatic rings. The monoisotopic (exact) mass is 323 g/mol. The van der Waals surface area contributed by atoms with Gasteiger partial charge in [-0.3, -0.25) is 0 Å². The highest BCUT2D eigenvalue weighted by atomic mass is 35.5. The summed E-state index contributed by atoms with van der Waals surface area (Å²) in [4.78, 5) is 0. The molecule has 1 aromatic carbocycles. The lowest BCUT2D eigenvalue weighted by Gasteiger charge is -2.04. The van der Waals surface area contributed by atoms with Crippen molar-refractivity contribution >= 4 is 40.2 Å². The summed E-state index contributed by atoms with van der Waals surface area (Å²) < 4.78 is 2.98. The third-order valence-corrected chi connectivity index (χ3v) is 4.50. The summed E-state index contributed by atoms with van der Waals surface area (Å²) in [5.74, 6) is 0. The lowest BCUT2D eigenvalue weighted by Crippen LogP contribution is -1.97. The lowest BCUT2D eigenvalue weighted by atomic mass is 10.2. The van der Waals surface area contributed by atoms with Gasteiger partial charge in [0.25, 0.3) is 0 Å². The quantitative estimate of drug-likeness (QED) is 0.736. The maximum atomic E-state index is 6.17. The average molecular weight is 324 g/mol. The van der Waals surface area contributed by atoms with Crippen molar-refractivity contribution < 1.29 is 0 Å². The van der Waals surface area contributed by atoms with Crippen molar-refractivity contribution in [2.45, 2.75) is 6.92 Å². The van der Waals surface area contributed by atoms with Crippen LogP contribution in [0.15, 0.2) is 36.5 Å². The molecule has 0 amide bonds. The lowest BCUT2D eigenvalue weighted by molar-refractivity contribution is 0.877. The second-order valence-corrected chi connectivity index (χ2v) is 6.69. The fourth-order valence-electron chi connectivity index (χ4n) is 2.04. The van der Waals surface area contributed by atoms with Crippen molar-refractivity contribution in [1.29, 1.82) is 0 Å². The van der Waals surface area contributed by atoms with Crippen molar-refractivity contribution in [2.75, 3.05) is 5.73 Å². The number of aromatic nitrogens is 2. The van der Waals surface area contributed by atoms with E-state index in [0.717, 1.165) is 16.8 Å². The van der Waals surface area contributed by atoms with Crippen LogP contribution in [0.2, 0.25) is 8.67 Å². The first kappa shape index (κ1) is 13.5. The largest absolute Gasteiger partial charge is 0.396 e. The van der Waals surface area contributed by atoms with Crippen LogP contribution in [0.25, 0.3) is 16.9 Å². The third kappa shape index (κ3) is 2.30. The number of hydrogen-bond donors (Lipinski definition) is 1. The van der Waals surface area contributed by atoms with Crippen LogP contribution in [-0.4, -0.2) is 9.78 Å². The smallest absolute Gasteiger partial charge is 0.118 e. The second kappa shape index (κ2) is 5.13. The highest BCUT2D eigenvalue weighted by Crippen LogP contribution is 2.39. The van der Waals surface area contributed by atoms with Crippen LogP contribution in [-0.2, 0) is 0 Å². The molecule has 0 bridgehead atoms. The second-order valence-electron chi connectivity index (χ2n) is 4.40. The molecule has 0 spiro atoms. The van der Waals surface area contributed by atoms with Gasteiger partial charge in [-0.05, 0) is 24.6 Å². The van der Waals surface area contributed by atoms with Gasteiger partial charge in [0, 0.05) is 5.56 Å². The van der Waals surface area contributed by atoms with Crippen molar-refractivity contribution in [2.24, 2.45) is 0 Å². The Kier molecular flexibility index (Phi) is 3.46. The zero-order chi connectivity index (χ0) is 14.3. The molecular weight excluding hydrogens is 313 g/mol. The van der Waals surface area contributed by atoms with Gasteiger partial charge in [-0.1, -0.05) is 41.4 Å². The number of nitrogen functional groups attached to an aromatic ring is 1. The molecule has 0 unspecified atom stereocenters.